The zero-order valence-electron chi connectivity index (χ0n) is 20.8. The lowest BCUT2D eigenvalue weighted by Crippen LogP contribution is -2.58. The van der Waals surface area contributed by atoms with E-state index in [1.54, 1.807) is 30.3 Å². The van der Waals surface area contributed by atoms with Gasteiger partial charge in [0.2, 0.25) is 23.6 Å². The average molecular weight is 546 g/mol. The van der Waals surface area contributed by atoms with Gasteiger partial charge in [-0.1, -0.05) is 30.3 Å². The summed E-state index contributed by atoms with van der Waals surface area (Å²) < 4.78 is 0. The molecule has 4 atom stereocenters. The van der Waals surface area contributed by atoms with Gasteiger partial charge in [0.25, 0.3) is 0 Å². The molecule has 0 aliphatic carbocycles. The van der Waals surface area contributed by atoms with E-state index >= 15 is 0 Å². The molecular formula is C24H31N7O8. The number of carboxylic acid groups (broad SMARTS) is 2. The van der Waals surface area contributed by atoms with E-state index in [-0.39, 0.29) is 25.7 Å². The minimum atomic E-state index is -1.67. The predicted molar refractivity (Wildman–Crippen MR) is 135 cm³/mol. The second-order valence-corrected chi connectivity index (χ2v) is 8.70. The summed E-state index contributed by atoms with van der Waals surface area (Å²) in [6, 6.07) is 2.96. The zero-order chi connectivity index (χ0) is 28.9. The molecule has 210 valence electrons. The fraction of sp³-hybridized carbons (Fsp3) is 0.375. The molecule has 10 N–H and O–H groups in total. The summed E-state index contributed by atoms with van der Waals surface area (Å²) in [6.07, 6.45) is 1.38. The second kappa shape index (κ2) is 14.8. The van der Waals surface area contributed by atoms with Gasteiger partial charge in [-0.2, -0.15) is 0 Å². The normalized spacial score (nSPS) is 13.8. The quantitative estimate of drug-likeness (QED) is 0.113. The minimum Gasteiger partial charge on any atom is -0.481 e. The van der Waals surface area contributed by atoms with E-state index in [1.807, 2.05) is 0 Å². The van der Waals surface area contributed by atoms with Crippen molar-refractivity contribution in [3.8, 4) is 0 Å². The van der Waals surface area contributed by atoms with E-state index in [1.165, 1.54) is 12.5 Å². The van der Waals surface area contributed by atoms with Gasteiger partial charge in [0.05, 0.1) is 18.8 Å². The summed E-state index contributed by atoms with van der Waals surface area (Å²) in [5.41, 5.74) is 11.9. The Balaban J connectivity index is 2.20. The largest absolute Gasteiger partial charge is 0.481 e. The number of nitrogens with zero attached hydrogens (tertiary/aromatic N) is 1. The number of carbonyl (C=O) groups excluding carboxylic acids is 4. The number of H-pyrrole nitrogens is 1. The topological polar surface area (TPSA) is 260 Å². The van der Waals surface area contributed by atoms with Crippen molar-refractivity contribution < 1.29 is 39.0 Å². The molecule has 39 heavy (non-hydrogen) atoms. The molecule has 4 unspecified atom stereocenters. The molecule has 0 fully saturated rings. The van der Waals surface area contributed by atoms with E-state index < -0.39 is 66.2 Å². The van der Waals surface area contributed by atoms with Crippen molar-refractivity contribution in [2.24, 2.45) is 11.5 Å². The lowest BCUT2D eigenvalue weighted by molar-refractivity contribution is -0.143. The summed E-state index contributed by atoms with van der Waals surface area (Å²) in [7, 11) is 0. The Hall–Kier alpha value is -4.79. The van der Waals surface area contributed by atoms with Gasteiger partial charge in [0, 0.05) is 31.2 Å². The third-order valence-electron chi connectivity index (χ3n) is 5.56. The molecule has 1 aromatic heterocycles. The number of aromatic amines is 1. The van der Waals surface area contributed by atoms with Gasteiger partial charge in [0.15, 0.2) is 0 Å². The number of rotatable bonds is 16. The maximum atomic E-state index is 13.2. The average Bonchev–Trinajstić information content (AvgIpc) is 3.39. The van der Waals surface area contributed by atoms with Gasteiger partial charge < -0.3 is 42.6 Å². The number of benzene rings is 1. The van der Waals surface area contributed by atoms with Crippen molar-refractivity contribution in [3.63, 3.8) is 0 Å². The standard InChI is InChI=1S/C24H31N7O8/c25-15(6-7-19(26)32)21(35)29-16(8-13-4-2-1-3-5-13)22(36)30-17(10-20(33)34)23(37)31-18(24(38)39)9-14-11-27-12-28-14/h1-5,11-12,15-18H,6-10,25H2,(H2,26,32)(H,27,28)(H,29,35)(H,30,36)(H,31,37)(H,33,34)(H,38,39). The van der Waals surface area contributed by atoms with Crippen LogP contribution in [0, 0.1) is 0 Å². The monoisotopic (exact) mass is 545 g/mol. The molecule has 1 heterocycles. The van der Waals surface area contributed by atoms with Crippen molar-refractivity contribution in [3.05, 3.63) is 54.1 Å². The Morgan fingerprint density at radius 1 is 0.872 bits per heavy atom. The van der Waals surface area contributed by atoms with Crippen LogP contribution in [0.1, 0.15) is 30.5 Å². The maximum absolute atomic E-state index is 13.2. The van der Waals surface area contributed by atoms with Crippen LogP contribution < -0.4 is 27.4 Å². The number of primary amides is 1. The second-order valence-electron chi connectivity index (χ2n) is 8.70. The Bertz CT molecular complexity index is 1160. The molecule has 0 spiro atoms. The number of aliphatic carboxylic acids is 2. The number of amides is 4. The Kier molecular flexibility index (Phi) is 11.6. The van der Waals surface area contributed by atoms with Crippen LogP contribution in [0.4, 0.5) is 0 Å². The van der Waals surface area contributed by atoms with Gasteiger partial charge >= 0.3 is 11.9 Å². The van der Waals surface area contributed by atoms with Crippen LogP contribution in [0.15, 0.2) is 42.9 Å². The number of nitrogens with two attached hydrogens (primary N) is 2. The molecule has 0 bridgehead atoms. The molecule has 2 aromatic rings. The third-order valence-corrected chi connectivity index (χ3v) is 5.56. The van der Waals surface area contributed by atoms with Crippen LogP contribution in [0.5, 0.6) is 0 Å². The molecule has 0 saturated carbocycles. The third kappa shape index (κ3) is 10.6. The number of aromatic nitrogens is 2. The molecule has 4 amide bonds. The van der Waals surface area contributed by atoms with Crippen molar-refractivity contribution in [1.82, 2.24) is 25.9 Å². The Labute approximate surface area is 222 Å². The van der Waals surface area contributed by atoms with E-state index in [0.29, 0.717) is 11.3 Å². The van der Waals surface area contributed by atoms with Crippen molar-refractivity contribution in [2.75, 3.05) is 0 Å². The number of carboxylic acids is 2. The first-order valence-electron chi connectivity index (χ1n) is 11.9. The SMILES string of the molecule is NC(=O)CCC(N)C(=O)NC(Cc1ccccc1)C(=O)NC(CC(=O)O)C(=O)NC(Cc1cnc[nH]1)C(=O)O. The number of hydrogen-bond donors (Lipinski definition) is 8. The molecule has 1 aromatic carbocycles. The number of imidazole rings is 1. The lowest BCUT2D eigenvalue weighted by atomic mass is 10.0. The molecule has 0 aliphatic rings. The van der Waals surface area contributed by atoms with Crippen LogP contribution in [-0.4, -0.2) is 79.9 Å². The van der Waals surface area contributed by atoms with E-state index in [2.05, 4.69) is 25.9 Å². The first kappa shape index (κ1) is 30.4. The van der Waals surface area contributed by atoms with Crippen molar-refractivity contribution in [2.45, 2.75) is 56.3 Å². The van der Waals surface area contributed by atoms with E-state index in [9.17, 15) is 39.0 Å². The molecule has 0 aliphatic heterocycles. The number of hydrogen-bond acceptors (Lipinski definition) is 8. The van der Waals surface area contributed by atoms with Crippen LogP contribution in [0.3, 0.4) is 0 Å². The van der Waals surface area contributed by atoms with Crippen LogP contribution in [0.25, 0.3) is 0 Å². The summed E-state index contributed by atoms with van der Waals surface area (Å²) in [5, 5.41) is 25.8. The predicted octanol–water partition coefficient (Wildman–Crippen LogP) is -2.20. The fourth-order valence-corrected chi connectivity index (χ4v) is 3.51. The van der Waals surface area contributed by atoms with Gasteiger partial charge in [-0.05, 0) is 12.0 Å². The fourth-order valence-electron chi connectivity index (χ4n) is 3.51. The molecule has 2 rings (SSSR count). The van der Waals surface area contributed by atoms with Crippen LogP contribution in [0.2, 0.25) is 0 Å². The van der Waals surface area contributed by atoms with Gasteiger partial charge in [-0.25, -0.2) is 9.78 Å². The van der Waals surface area contributed by atoms with Crippen molar-refractivity contribution in [1.29, 1.82) is 0 Å². The highest BCUT2D eigenvalue weighted by Crippen LogP contribution is 2.07. The number of carbonyl (C=O) groups is 6. The van der Waals surface area contributed by atoms with E-state index in [4.69, 9.17) is 11.5 Å². The Morgan fingerprint density at radius 3 is 2.05 bits per heavy atom. The van der Waals surface area contributed by atoms with Gasteiger partial charge in [-0.15, -0.1) is 0 Å². The molecule has 0 saturated heterocycles. The highest BCUT2D eigenvalue weighted by Gasteiger charge is 2.32. The maximum Gasteiger partial charge on any atom is 0.326 e. The smallest absolute Gasteiger partial charge is 0.326 e. The zero-order valence-corrected chi connectivity index (χ0v) is 20.8. The molecule has 15 heteroatoms. The highest BCUT2D eigenvalue weighted by atomic mass is 16.4. The minimum absolute atomic E-state index is 0.0417. The lowest BCUT2D eigenvalue weighted by Gasteiger charge is -2.24. The molecular weight excluding hydrogens is 514 g/mol. The van der Waals surface area contributed by atoms with Gasteiger partial charge in [-0.3, -0.25) is 24.0 Å². The number of nitrogens with one attached hydrogen (secondary N) is 4. The van der Waals surface area contributed by atoms with Crippen LogP contribution in [-0.2, 0) is 41.6 Å². The summed E-state index contributed by atoms with van der Waals surface area (Å²) in [6.45, 7) is 0. The molecule has 15 nitrogen and oxygen atoms in total. The first-order chi connectivity index (χ1) is 18.5. The summed E-state index contributed by atoms with van der Waals surface area (Å²) >= 11 is 0. The van der Waals surface area contributed by atoms with Gasteiger partial charge in [0.1, 0.15) is 18.1 Å². The van der Waals surface area contributed by atoms with Crippen LogP contribution >= 0.6 is 0 Å². The summed E-state index contributed by atoms with van der Waals surface area (Å²) in [5.74, 6) is -6.22. The first-order valence-corrected chi connectivity index (χ1v) is 11.9. The molecule has 0 radical (unpaired) electrons. The highest BCUT2D eigenvalue weighted by molar-refractivity contribution is 5.95. The van der Waals surface area contributed by atoms with Crippen molar-refractivity contribution >= 4 is 35.6 Å². The summed E-state index contributed by atoms with van der Waals surface area (Å²) in [4.78, 5) is 79.3. The van der Waals surface area contributed by atoms with E-state index in [0.717, 1.165) is 0 Å². The Morgan fingerprint density at radius 2 is 1.49 bits per heavy atom.